The van der Waals surface area contributed by atoms with E-state index in [1.165, 1.54) is 6.42 Å². The highest BCUT2D eigenvalue weighted by Gasteiger charge is 2.16. The van der Waals surface area contributed by atoms with E-state index >= 15 is 0 Å². The number of carbonyl (C=O) groups is 1. The minimum atomic E-state index is 0.162. The van der Waals surface area contributed by atoms with Gasteiger partial charge in [0.15, 0.2) is 0 Å². The van der Waals surface area contributed by atoms with E-state index in [1.54, 1.807) is 7.11 Å². The molecule has 20 heavy (non-hydrogen) atoms. The number of carbonyl (C=O) groups excluding carboxylic acids is 1. The quantitative estimate of drug-likeness (QED) is 0.897. The molecule has 1 aliphatic heterocycles. The van der Waals surface area contributed by atoms with Gasteiger partial charge in [0.25, 0.3) is 0 Å². The van der Waals surface area contributed by atoms with Gasteiger partial charge < -0.3 is 15.0 Å². The van der Waals surface area contributed by atoms with Gasteiger partial charge in [-0.25, -0.2) is 0 Å². The van der Waals surface area contributed by atoms with Gasteiger partial charge in [-0.2, -0.15) is 0 Å². The van der Waals surface area contributed by atoms with Crippen molar-refractivity contribution in [1.29, 1.82) is 0 Å². The number of piperidine rings is 1. The normalized spacial score (nSPS) is 16.8. The molecule has 4 nitrogen and oxygen atoms in total. The van der Waals surface area contributed by atoms with Gasteiger partial charge in [-0.05, 0) is 43.9 Å². The molecule has 0 aliphatic carbocycles. The fraction of sp³-hybridized carbons (Fsp3) is 0.562. The van der Waals surface area contributed by atoms with Crippen LogP contribution < -0.4 is 10.1 Å². The van der Waals surface area contributed by atoms with Gasteiger partial charge in [-0.3, -0.25) is 4.79 Å². The van der Waals surface area contributed by atoms with Crippen molar-refractivity contribution in [3.63, 3.8) is 0 Å². The summed E-state index contributed by atoms with van der Waals surface area (Å²) in [7, 11) is 1.66. The van der Waals surface area contributed by atoms with Crippen molar-refractivity contribution in [2.24, 2.45) is 0 Å². The zero-order valence-corrected chi connectivity index (χ0v) is 12.4. The molecule has 0 spiro atoms. The standard InChI is InChI=1S/C16H24N2O2/c1-13(14-6-8-15(20-2)9-7-14)17-12-16(19)18-10-4-3-5-11-18/h6-9,13,17H,3-5,10-12H2,1-2H3. The fourth-order valence-corrected chi connectivity index (χ4v) is 2.51. The van der Waals surface area contributed by atoms with E-state index in [4.69, 9.17) is 4.74 Å². The van der Waals surface area contributed by atoms with Gasteiger partial charge in [0.05, 0.1) is 13.7 Å². The number of rotatable bonds is 5. The van der Waals surface area contributed by atoms with Crippen LogP contribution in [0.15, 0.2) is 24.3 Å². The van der Waals surface area contributed by atoms with Crippen LogP contribution in [0.25, 0.3) is 0 Å². The van der Waals surface area contributed by atoms with Crippen molar-refractivity contribution in [2.75, 3.05) is 26.7 Å². The van der Waals surface area contributed by atoms with E-state index in [1.807, 2.05) is 29.2 Å². The topological polar surface area (TPSA) is 41.6 Å². The molecule has 1 aliphatic rings. The zero-order valence-electron chi connectivity index (χ0n) is 12.4. The average Bonchev–Trinajstić information content (AvgIpc) is 2.53. The summed E-state index contributed by atoms with van der Waals surface area (Å²) in [5, 5.41) is 3.30. The number of amides is 1. The highest BCUT2D eigenvalue weighted by molar-refractivity contribution is 5.78. The molecule has 1 unspecified atom stereocenters. The van der Waals surface area contributed by atoms with Gasteiger partial charge in [0.1, 0.15) is 5.75 Å². The predicted octanol–water partition coefficient (Wildman–Crippen LogP) is 2.36. The highest BCUT2D eigenvalue weighted by atomic mass is 16.5. The molecule has 0 aromatic heterocycles. The maximum absolute atomic E-state index is 12.1. The van der Waals surface area contributed by atoms with E-state index in [0.717, 1.165) is 37.2 Å². The van der Waals surface area contributed by atoms with Crippen molar-refractivity contribution >= 4 is 5.91 Å². The Balaban J connectivity index is 1.81. The number of hydrogen-bond acceptors (Lipinski definition) is 3. The summed E-state index contributed by atoms with van der Waals surface area (Å²) >= 11 is 0. The van der Waals surface area contributed by atoms with Crippen LogP contribution in [-0.4, -0.2) is 37.6 Å². The first-order chi connectivity index (χ1) is 9.70. The van der Waals surface area contributed by atoms with Crippen LogP contribution in [0.2, 0.25) is 0 Å². The van der Waals surface area contributed by atoms with Crippen LogP contribution in [0, 0.1) is 0 Å². The summed E-state index contributed by atoms with van der Waals surface area (Å²) in [5.41, 5.74) is 1.16. The Bertz CT molecular complexity index is 425. The Morgan fingerprint density at radius 2 is 1.90 bits per heavy atom. The maximum atomic E-state index is 12.1. The second-order valence-corrected chi connectivity index (χ2v) is 5.32. The molecule has 1 aromatic carbocycles. The molecular weight excluding hydrogens is 252 g/mol. The smallest absolute Gasteiger partial charge is 0.236 e. The molecule has 0 saturated carbocycles. The summed E-state index contributed by atoms with van der Waals surface area (Å²) in [4.78, 5) is 14.0. The zero-order chi connectivity index (χ0) is 14.4. The molecule has 1 N–H and O–H groups in total. The van der Waals surface area contributed by atoms with Crippen LogP contribution in [0.5, 0.6) is 5.75 Å². The molecule has 0 bridgehead atoms. The number of methoxy groups -OCH3 is 1. The highest BCUT2D eigenvalue weighted by Crippen LogP contribution is 2.17. The largest absolute Gasteiger partial charge is 0.497 e. The molecule has 1 atom stereocenters. The minimum absolute atomic E-state index is 0.162. The van der Waals surface area contributed by atoms with Crippen LogP contribution >= 0.6 is 0 Å². The van der Waals surface area contributed by atoms with Crippen molar-refractivity contribution in [3.05, 3.63) is 29.8 Å². The van der Waals surface area contributed by atoms with Gasteiger partial charge in [0, 0.05) is 19.1 Å². The van der Waals surface area contributed by atoms with Gasteiger partial charge >= 0.3 is 0 Å². The average molecular weight is 276 g/mol. The van der Waals surface area contributed by atoms with Crippen molar-refractivity contribution < 1.29 is 9.53 Å². The Morgan fingerprint density at radius 3 is 2.50 bits per heavy atom. The summed E-state index contributed by atoms with van der Waals surface area (Å²) in [6.07, 6.45) is 3.53. The second-order valence-electron chi connectivity index (χ2n) is 5.32. The van der Waals surface area contributed by atoms with Crippen LogP contribution in [0.4, 0.5) is 0 Å². The number of benzene rings is 1. The third-order valence-electron chi connectivity index (χ3n) is 3.88. The van der Waals surface area contributed by atoms with Gasteiger partial charge in [-0.15, -0.1) is 0 Å². The maximum Gasteiger partial charge on any atom is 0.236 e. The summed E-state index contributed by atoms with van der Waals surface area (Å²) in [5.74, 6) is 1.07. The molecule has 110 valence electrons. The van der Waals surface area contributed by atoms with Crippen LogP contribution in [0.3, 0.4) is 0 Å². The van der Waals surface area contributed by atoms with E-state index in [9.17, 15) is 4.79 Å². The first-order valence-electron chi connectivity index (χ1n) is 7.36. The van der Waals surface area contributed by atoms with Crippen LogP contribution in [-0.2, 0) is 4.79 Å². The molecule has 4 heteroatoms. The summed E-state index contributed by atoms with van der Waals surface area (Å²) in [6, 6.07) is 8.11. The van der Waals surface area contributed by atoms with Crippen molar-refractivity contribution in [1.82, 2.24) is 10.2 Å². The lowest BCUT2D eigenvalue weighted by atomic mass is 10.1. The molecular formula is C16H24N2O2. The van der Waals surface area contributed by atoms with E-state index in [2.05, 4.69) is 12.2 Å². The Labute approximate surface area is 121 Å². The minimum Gasteiger partial charge on any atom is -0.497 e. The van der Waals surface area contributed by atoms with Crippen molar-refractivity contribution in [3.8, 4) is 5.75 Å². The first kappa shape index (κ1) is 14.9. The number of nitrogens with zero attached hydrogens (tertiary/aromatic N) is 1. The number of nitrogens with one attached hydrogen (secondary N) is 1. The van der Waals surface area contributed by atoms with Crippen molar-refractivity contribution in [2.45, 2.75) is 32.2 Å². The van der Waals surface area contributed by atoms with Gasteiger partial charge in [-0.1, -0.05) is 12.1 Å². The molecule has 1 amide bonds. The number of likely N-dealkylation sites (tertiary alicyclic amines) is 1. The first-order valence-corrected chi connectivity index (χ1v) is 7.36. The molecule has 1 heterocycles. The third kappa shape index (κ3) is 3.97. The van der Waals surface area contributed by atoms with E-state index in [-0.39, 0.29) is 11.9 Å². The Morgan fingerprint density at radius 1 is 1.25 bits per heavy atom. The molecule has 1 aromatic rings. The molecule has 1 saturated heterocycles. The van der Waals surface area contributed by atoms with E-state index in [0.29, 0.717) is 6.54 Å². The number of ether oxygens (including phenoxy) is 1. The SMILES string of the molecule is COc1ccc(C(C)NCC(=O)N2CCCCC2)cc1. The monoisotopic (exact) mass is 276 g/mol. The molecule has 0 radical (unpaired) electrons. The lowest BCUT2D eigenvalue weighted by Crippen LogP contribution is -2.41. The second kappa shape index (κ2) is 7.29. The molecule has 1 fully saturated rings. The third-order valence-corrected chi connectivity index (χ3v) is 3.88. The number of hydrogen-bond donors (Lipinski definition) is 1. The summed E-state index contributed by atoms with van der Waals surface area (Å²) < 4.78 is 5.15. The lowest BCUT2D eigenvalue weighted by molar-refractivity contribution is -0.131. The Hall–Kier alpha value is -1.55. The van der Waals surface area contributed by atoms with E-state index < -0.39 is 0 Å². The predicted molar refractivity (Wildman–Crippen MR) is 79.8 cm³/mol. The van der Waals surface area contributed by atoms with Gasteiger partial charge in [0.2, 0.25) is 5.91 Å². The summed E-state index contributed by atoms with van der Waals surface area (Å²) in [6.45, 7) is 4.31. The molecule has 2 rings (SSSR count). The fourth-order valence-electron chi connectivity index (χ4n) is 2.51. The van der Waals surface area contributed by atoms with Crippen LogP contribution in [0.1, 0.15) is 37.8 Å². The Kier molecular flexibility index (Phi) is 5.41. The lowest BCUT2D eigenvalue weighted by Gasteiger charge is -2.27.